The van der Waals surface area contributed by atoms with Crippen molar-refractivity contribution in [2.45, 2.75) is 144 Å². The summed E-state index contributed by atoms with van der Waals surface area (Å²) in [6.45, 7) is 17.3. The summed E-state index contributed by atoms with van der Waals surface area (Å²) in [6.07, 6.45) is 13.5. The predicted molar refractivity (Wildman–Crippen MR) is 185 cm³/mol. The van der Waals surface area contributed by atoms with Gasteiger partial charge in [0.05, 0.1) is 11.7 Å². The molecule has 258 valence electrons. The zero-order valence-corrected chi connectivity index (χ0v) is 30.0. The summed E-state index contributed by atoms with van der Waals surface area (Å²) in [5.41, 5.74) is 2.74. The SMILES string of the molecule is CC(C)CCC[C@@H](C)[C@H]1CC[C@H]2[C@@H]3CC=C4C[C@@H](O)CC[C@]4(C)[C@H]3CC[C@]12C.CCN[C@@H](C)Cc1cccc(C(F)(F)F)c1.Cl. The fraction of sp³-hybridized carbons (Fsp3) is 0.795. The number of rotatable bonds is 9. The minimum absolute atomic E-state index is 0. The molecular weight excluding hydrogens is 591 g/mol. The smallest absolute Gasteiger partial charge is 0.393 e. The van der Waals surface area contributed by atoms with Gasteiger partial charge < -0.3 is 10.4 Å². The van der Waals surface area contributed by atoms with E-state index in [4.69, 9.17) is 0 Å². The molecular formula is C39H63ClF3NO. The van der Waals surface area contributed by atoms with Crippen LogP contribution in [0.1, 0.15) is 130 Å². The summed E-state index contributed by atoms with van der Waals surface area (Å²) in [4.78, 5) is 0. The number of halogens is 4. The number of aliphatic hydroxyl groups is 1. The molecule has 6 heteroatoms. The molecule has 0 spiro atoms. The van der Waals surface area contributed by atoms with E-state index in [1.54, 1.807) is 11.6 Å². The Kier molecular flexibility index (Phi) is 13.6. The molecule has 4 aliphatic rings. The van der Waals surface area contributed by atoms with E-state index in [0.717, 1.165) is 61.0 Å². The van der Waals surface area contributed by atoms with Crippen LogP contribution in [0.15, 0.2) is 35.9 Å². The van der Waals surface area contributed by atoms with Gasteiger partial charge >= 0.3 is 6.18 Å². The molecule has 3 fully saturated rings. The van der Waals surface area contributed by atoms with E-state index < -0.39 is 11.7 Å². The fourth-order valence-corrected chi connectivity index (χ4v) is 10.3. The van der Waals surface area contributed by atoms with E-state index in [1.165, 1.54) is 69.9 Å². The lowest BCUT2D eigenvalue weighted by atomic mass is 9.47. The Labute approximate surface area is 279 Å². The lowest BCUT2D eigenvalue weighted by Crippen LogP contribution is -2.50. The highest BCUT2D eigenvalue weighted by Gasteiger charge is 2.59. The maximum Gasteiger partial charge on any atom is 0.416 e. The molecule has 2 nitrogen and oxygen atoms in total. The summed E-state index contributed by atoms with van der Waals surface area (Å²) >= 11 is 0. The Morgan fingerprint density at radius 2 is 1.71 bits per heavy atom. The van der Waals surface area contributed by atoms with Gasteiger partial charge in [-0.1, -0.05) is 90.7 Å². The second-order valence-electron chi connectivity index (χ2n) is 16.0. The predicted octanol–water partition coefficient (Wildman–Crippen LogP) is 11.1. The molecule has 1 aromatic carbocycles. The van der Waals surface area contributed by atoms with Crippen molar-refractivity contribution >= 4 is 12.4 Å². The molecule has 2 N–H and O–H groups in total. The van der Waals surface area contributed by atoms with Crippen LogP contribution < -0.4 is 5.32 Å². The molecule has 4 aliphatic carbocycles. The van der Waals surface area contributed by atoms with E-state index >= 15 is 0 Å². The molecule has 0 heterocycles. The minimum Gasteiger partial charge on any atom is -0.393 e. The van der Waals surface area contributed by atoms with Gasteiger partial charge in [-0.2, -0.15) is 13.2 Å². The van der Waals surface area contributed by atoms with Gasteiger partial charge in [0.15, 0.2) is 0 Å². The highest BCUT2D eigenvalue weighted by molar-refractivity contribution is 5.85. The molecule has 3 saturated carbocycles. The van der Waals surface area contributed by atoms with Crippen molar-refractivity contribution < 1.29 is 18.3 Å². The van der Waals surface area contributed by atoms with Crippen LogP contribution in [-0.4, -0.2) is 23.8 Å². The van der Waals surface area contributed by atoms with Gasteiger partial charge in [0.25, 0.3) is 0 Å². The first-order valence-electron chi connectivity index (χ1n) is 18.0. The van der Waals surface area contributed by atoms with E-state index in [1.807, 2.05) is 13.8 Å². The highest BCUT2D eigenvalue weighted by atomic mass is 35.5. The third-order valence-corrected chi connectivity index (χ3v) is 12.6. The summed E-state index contributed by atoms with van der Waals surface area (Å²) < 4.78 is 37.3. The largest absolute Gasteiger partial charge is 0.416 e. The van der Waals surface area contributed by atoms with Crippen molar-refractivity contribution in [3.05, 3.63) is 47.0 Å². The molecule has 1 aromatic rings. The van der Waals surface area contributed by atoms with Gasteiger partial charge in [-0.3, -0.25) is 0 Å². The topological polar surface area (TPSA) is 32.3 Å². The van der Waals surface area contributed by atoms with E-state index in [0.29, 0.717) is 22.8 Å². The first-order chi connectivity index (χ1) is 20.7. The van der Waals surface area contributed by atoms with Crippen molar-refractivity contribution in [2.75, 3.05) is 6.54 Å². The van der Waals surface area contributed by atoms with Gasteiger partial charge in [-0.15, -0.1) is 12.4 Å². The van der Waals surface area contributed by atoms with Crippen molar-refractivity contribution in [1.29, 1.82) is 0 Å². The van der Waals surface area contributed by atoms with Gasteiger partial charge in [-0.05, 0) is 129 Å². The number of hydrogen-bond donors (Lipinski definition) is 2. The van der Waals surface area contributed by atoms with Gasteiger partial charge in [0.1, 0.15) is 0 Å². The molecule has 0 amide bonds. The maximum atomic E-state index is 12.4. The Morgan fingerprint density at radius 3 is 2.38 bits per heavy atom. The fourth-order valence-electron chi connectivity index (χ4n) is 10.3. The molecule has 0 saturated heterocycles. The van der Waals surface area contributed by atoms with E-state index in [9.17, 15) is 18.3 Å². The highest BCUT2D eigenvalue weighted by Crippen LogP contribution is 2.67. The van der Waals surface area contributed by atoms with E-state index in [-0.39, 0.29) is 24.6 Å². The number of allylic oxidation sites excluding steroid dienone is 1. The Hall–Kier alpha value is -1.04. The zero-order valence-electron chi connectivity index (χ0n) is 29.2. The number of likely N-dealkylation sites (N-methyl/N-ethyl adjacent to an activating group) is 1. The third-order valence-electron chi connectivity index (χ3n) is 12.6. The number of aliphatic hydroxyl groups excluding tert-OH is 1. The van der Waals surface area contributed by atoms with Crippen LogP contribution >= 0.6 is 12.4 Å². The van der Waals surface area contributed by atoms with Gasteiger partial charge in [-0.25, -0.2) is 0 Å². The number of nitrogens with one attached hydrogen (secondary N) is 1. The third kappa shape index (κ3) is 8.91. The molecule has 45 heavy (non-hydrogen) atoms. The normalized spacial score (nSPS) is 33.9. The first kappa shape index (κ1) is 38.4. The van der Waals surface area contributed by atoms with Crippen LogP contribution in [0.5, 0.6) is 0 Å². The second-order valence-corrected chi connectivity index (χ2v) is 16.0. The Morgan fingerprint density at radius 1 is 0.978 bits per heavy atom. The molecule has 9 atom stereocenters. The number of alkyl halides is 3. The van der Waals surface area contributed by atoms with Crippen LogP contribution in [0.4, 0.5) is 13.2 Å². The zero-order chi connectivity index (χ0) is 32.3. The quantitative estimate of drug-likeness (QED) is 0.260. The average Bonchev–Trinajstić information content (AvgIpc) is 3.31. The second kappa shape index (κ2) is 15.9. The lowest BCUT2D eigenvalue weighted by molar-refractivity contribution is -0.137. The van der Waals surface area contributed by atoms with Crippen LogP contribution in [-0.2, 0) is 12.6 Å². The standard InChI is InChI=1S/C27H46O.C12H16F3N.ClH/c1-18(2)7-6-8-19(3)23-11-12-24-22-10-9-20-17-21(28)13-15-26(20,4)25(22)14-16-27(23,24)5;1-3-16-9(2)7-10-5-4-6-11(8-10)12(13,14)15;/h9,18-19,21-25,28H,6-8,10-17H2,1-5H3;4-6,8-9,16H,3,7H2,1-2H3;1H/t19-,21+,22+,23-,24+,25+,26+,27-;9-;/m10./s1. The molecule has 0 unspecified atom stereocenters. The summed E-state index contributed by atoms with van der Waals surface area (Å²) in [5.74, 6) is 5.46. The van der Waals surface area contributed by atoms with Crippen LogP contribution in [0.3, 0.4) is 0 Å². The molecule has 0 bridgehead atoms. The molecule has 0 aromatic heterocycles. The molecule has 5 rings (SSSR count). The number of fused-ring (bicyclic) bond motifs is 5. The van der Waals surface area contributed by atoms with E-state index in [2.05, 4.69) is 46.0 Å². The van der Waals surface area contributed by atoms with Gasteiger partial charge in [0.2, 0.25) is 0 Å². The Balaban J connectivity index is 0.000000279. The average molecular weight is 654 g/mol. The van der Waals surface area contributed by atoms with Crippen LogP contribution in [0, 0.1) is 46.3 Å². The number of benzene rings is 1. The van der Waals surface area contributed by atoms with Crippen molar-refractivity contribution in [1.82, 2.24) is 5.32 Å². The maximum absolute atomic E-state index is 12.4. The number of hydrogen-bond acceptors (Lipinski definition) is 2. The van der Waals surface area contributed by atoms with Crippen LogP contribution in [0.2, 0.25) is 0 Å². The molecule has 0 radical (unpaired) electrons. The van der Waals surface area contributed by atoms with Crippen molar-refractivity contribution in [3.8, 4) is 0 Å². The summed E-state index contributed by atoms with van der Waals surface area (Å²) in [7, 11) is 0. The molecule has 0 aliphatic heterocycles. The Bertz CT molecular complexity index is 1100. The minimum atomic E-state index is -4.25. The van der Waals surface area contributed by atoms with Gasteiger partial charge in [0, 0.05) is 6.04 Å². The van der Waals surface area contributed by atoms with Crippen LogP contribution in [0.25, 0.3) is 0 Å². The van der Waals surface area contributed by atoms with Crippen molar-refractivity contribution in [2.24, 2.45) is 46.3 Å². The summed E-state index contributed by atoms with van der Waals surface area (Å²) in [6, 6.07) is 5.68. The van der Waals surface area contributed by atoms with Crippen molar-refractivity contribution in [3.63, 3.8) is 0 Å². The lowest BCUT2D eigenvalue weighted by Gasteiger charge is -2.58. The summed E-state index contributed by atoms with van der Waals surface area (Å²) in [5, 5.41) is 13.4. The monoisotopic (exact) mass is 653 g/mol. The first-order valence-corrected chi connectivity index (χ1v) is 18.0.